The molecule has 0 spiro atoms. The number of epoxide rings is 1. The smallest absolute Gasteiger partial charge is 0.227 e. The van der Waals surface area contributed by atoms with Crippen LogP contribution in [0.25, 0.3) is 0 Å². The van der Waals surface area contributed by atoms with Gasteiger partial charge in [0.25, 0.3) is 0 Å². The van der Waals surface area contributed by atoms with Crippen LogP contribution in [0.2, 0.25) is 0 Å². The van der Waals surface area contributed by atoms with Gasteiger partial charge in [-0.25, -0.2) is 0 Å². The number of phenols is 1. The van der Waals surface area contributed by atoms with Gasteiger partial charge in [-0.15, -0.1) is 0 Å². The van der Waals surface area contributed by atoms with Crippen LogP contribution in [-0.4, -0.2) is 91.1 Å². The SMILES string of the molecule is CCCCCC1CC(=O)N(c2cc(O)cc(CCC34C5C=CCC(O)(C6OC6C(C)C(C)C)C3CCC4(O)C3=CC(=O)C4(CO)CC(O)C(O)CC4(C)C3C5)c2)C1. The van der Waals surface area contributed by atoms with Crippen LogP contribution >= 0.6 is 0 Å². The Labute approximate surface area is 338 Å². The standard InChI is InChI=1S/C47H67NO9/c1-6-7-8-10-30-19-40(54)48(25-30)32-17-29(18-33(50)21-32)12-15-45-31-11-9-14-46(55,42-41(57-42)28(4)27(2)3)38(45)13-16-47(45,56)35-22-39(53)44(26-49)24-37(52)36(51)23-43(44,5)34(35)20-31/h9,11,17-18,21-22,27-28,30-31,34,36-38,41-42,49-52,55-56H,6-8,10,12-16,19-20,23-26H2,1-5H3. The number of fused-ring (bicyclic) bond motifs is 4. The van der Waals surface area contributed by atoms with Gasteiger partial charge in [-0.2, -0.15) is 0 Å². The summed E-state index contributed by atoms with van der Waals surface area (Å²) in [6.07, 6.45) is 10.6. The fourth-order valence-electron chi connectivity index (χ4n) is 13.7. The fourth-order valence-corrected chi connectivity index (χ4v) is 13.7. The van der Waals surface area contributed by atoms with Gasteiger partial charge in [0.15, 0.2) is 5.78 Å². The molecular formula is C47H67NO9. The number of unbranched alkanes of at least 4 members (excludes halogenated alkanes) is 2. The molecule has 5 aliphatic carbocycles. The Bertz CT molecular complexity index is 1810. The van der Waals surface area contributed by atoms with Crippen molar-refractivity contribution in [3.05, 3.63) is 47.6 Å². The van der Waals surface area contributed by atoms with E-state index >= 15 is 0 Å². The lowest BCUT2D eigenvalue weighted by atomic mass is 9.39. The average molecular weight is 790 g/mol. The lowest BCUT2D eigenvalue weighted by molar-refractivity contribution is -0.203. The molecule has 2 heterocycles. The minimum absolute atomic E-state index is 0.0555. The highest BCUT2D eigenvalue weighted by molar-refractivity contribution is 5.98. The van der Waals surface area contributed by atoms with Crippen molar-refractivity contribution in [3.63, 3.8) is 0 Å². The van der Waals surface area contributed by atoms with Gasteiger partial charge in [-0.3, -0.25) is 9.59 Å². The third-order valence-electron chi connectivity index (χ3n) is 17.2. The number of carbonyl (C=O) groups excluding carboxylic acids is 2. The van der Waals surface area contributed by atoms with Crippen LogP contribution in [0, 0.1) is 51.8 Å². The van der Waals surface area contributed by atoms with E-state index in [1.54, 1.807) is 23.1 Å². The van der Waals surface area contributed by atoms with E-state index in [1.807, 2.05) is 13.0 Å². The maximum Gasteiger partial charge on any atom is 0.227 e. The zero-order chi connectivity index (χ0) is 40.9. The Balaban J connectivity index is 1.20. The van der Waals surface area contributed by atoms with E-state index in [4.69, 9.17) is 4.74 Å². The number of amides is 1. The number of aliphatic hydroxyl groups is 5. The van der Waals surface area contributed by atoms with Gasteiger partial charge in [0, 0.05) is 36.1 Å². The van der Waals surface area contributed by atoms with E-state index in [-0.39, 0.29) is 60.1 Å². The zero-order valence-electron chi connectivity index (χ0n) is 34.7. The number of hydrogen-bond donors (Lipinski definition) is 6. The molecule has 14 atom stereocenters. The molecule has 2 saturated heterocycles. The molecule has 57 heavy (non-hydrogen) atoms. The van der Waals surface area contributed by atoms with Crippen molar-refractivity contribution in [2.45, 2.75) is 154 Å². The first kappa shape index (κ1) is 41.1. The minimum Gasteiger partial charge on any atom is -0.508 e. The normalized spacial score (nSPS) is 44.1. The predicted molar refractivity (Wildman–Crippen MR) is 216 cm³/mol. The Morgan fingerprint density at radius 3 is 2.51 bits per heavy atom. The maximum atomic E-state index is 14.5. The van der Waals surface area contributed by atoms with Crippen molar-refractivity contribution in [2.75, 3.05) is 18.1 Å². The average Bonchev–Trinajstić information content (AvgIpc) is 3.82. The fraction of sp³-hybridized carbons (Fsp3) is 0.745. The zero-order valence-corrected chi connectivity index (χ0v) is 34.7. The highest BCUT2D eigenvalue weighted by atomic mass is 16.6. The lowest BCUT2D eigenvalue weighted by Gasteiger charge is -2.66. The summed E-state index contributed by atoms with van der Waals surface area (Å²) >= 11 is 0. The minimum atomic E-state index is -1.51. The van der Waals surface area contributed by atoms with E-state index in [0.29, 0.717) is 68.7 Å². The second kappa shape index (κ2) is 14.5. The molecular weight excluding hydrogens is 723 g/mol. The molecule has 10 nitrogen and oxygen atoms in total. The largest absolute Gasteiger partial charge is 0.508 e. The molecule has 3 saturated carbocycles. The summed E-state index contributed by atoms with van der Waals surface area (Å²) in [5, 5.41) is 70.9. The van der Waals surface area contributed by atoms with Crippen LogP contribution in [0.1, 0.15) is 117 Å². The predicted octanol–water partition coefficient (Wildman–Crippen LogP) is 5.78. The van der Waals surface area contributed by atoms with E-state index in [0.717, 1.165) is 31.2 Å². The number of allylic oxidation sites excluding steroid dienone is 2. The molecule has 314 valence electrons. The van der Waals surface area contributed by atoms with Crippen LogP contribution in [-0.2, 0) is 20.7 Å². The number of aromatic hydroxyl groups is 1. The highest BCUT2D eigenvalue weighted by Crippen LogP contribution is 2.75. The van der Waals surface area contributed by atoms with E-state index in [1.165, 1.54) is 0 Å². The number of ether oxygens (including phenoxy) is 1. The number of anilines is 1. The highest BCUT2D eigenvalue weighted by Gasteiger charge is 2.77. The molecule has 6 N–H and O–H groups in total. The molecule has 10 heteroatoms. The summed E-state index contributed by atoms with van der Waals surface area (Å²) in [6, 6.07) is 5.39. The van der Waals surface area contributed by atoms with E-state index in [9.17, 15) is 40.2 Å². The van der Waals surface area contributed by atoms with Crippen molar-refractivity contribution >= 4 is 17.4 Å². The number of ketones is 1. The molecule has 0 bridgehead atoms. The first-order valence-corrected chi connectivity index (χ1v) is 22.1. The number of phenolic OH excluding ortho intramolecular Hbond substituents is 1. The number of hydrogen-bond acceptors (Lipinski definition) is 9. The molecule has 0 radical (unpaired) electrons. The molecule has 1 aromatic rings. The maximum absolute atomic E-state index is 14.5. The number of aliphatic hydroxyl groups excluding tert-OH is 3. The van der Waals surface area contributed by atoms with Gasteiger partial charge in [0.05, 0.1) is 35.9 Å². The van der Waals surface area contributed by atoms with E-state index < -0.39 is 58.3 Å². The number of carbonyl (C=O) groups is 2. The molecule has 14 unspecified atom stereocenters. The molecule has 0 aromatic heterocycles. The lowest BCUT2D eigenvalue weighted by Crippen LogP contribution is -2.69. The summed E-state index contributed by atoms with van der Waals surface area (Å²) in [4.78, 5) is 29.6. The summed E-state index contributed by atoms with van der Waals surface area (Å²) in [5.74, 6) is -0.333. The quantitative estimate of drug-likeness (QED) is 0.0873. The summed E-state index contributed by atoms with van der Waals surface area (Å²) < 4.78 is 6.42. The van der Waals surface area contributed by atoms with Gasteiger partial charge in [0.2, 0.25) is 5.91 Å². The number of aryl methyl sites for hydroxylation is 1. The van der Waals surface area contributed by atoms with Gasteiger partial charge in [-0.05, 0) is 122 Å². The molecule has 1 amide bonds. The topological polar surface area (TPSA) is 171 Å². The second-order valence-corrected chi connectivity index (χ2v) is 20.2. The summed E-state index contributed by atoms with van der Waals surface area (Å²) in [5.41, 5.74) is -3.84. The van der Waals surface area contributed by atoms with Crippen molar-refractivity contribution in [1.82, 2.24) is 0 Å². The third kappa shape index (κ3) is 6.07. The Morgan fingerprint density at radius 2 is 1.79 bits per heavy atom. The monoisotopic (exact) mass is 789 g/mol. The summed E-state index contributed by atoms with van der Waals surface area (Å²) in [6.45, 7) is 10.8. The van der Waals surface area contributed by atoms with Crippen molar-refractivity contribution in [1.29, 1.82) is 0 Å². The third-order valence-corrected chi connectivity index (χ3v) is 17.2. The van der Waals surface area contributed by atoms with Gasteiger partial charge in [0.1, 0.15) is 17.5 Å². The van der Waals surface area contributed by atoms with Crippen LogP contribution in [0.4, 0.5) is 5.69 Å². The first-order valence-electron chi connectivity index (χ1n) is 22.1. The van der Waals surface area contributed by atoms with Gasteiger partial charge in [-0.1, -0.05) is 66.0 Å². The Morgan fingerprint density at radius 1 is 1.04 bits per heavy atom. The molecule has 8 rings (SSSR count). The van der Waals surface area contributed by atoms with Crippen molar-refractivity contribution in [2.24, 2.45) is 51.8 Å². The van der Waals surface area contributed by atoms with Crippen LogP contribution < -0.4 is 4.90 Å². The van der Waals surface area contributed by atoms with Gasteiger partial charge >= 0.3 is 0 Å². The van der Waals surface area contributed by atoms with Crippen LogP contribution in [0.15, 0.2) is 42.0 Å². The molecule has 1 aromatic carbocycles. The molecule has 2 aliphatic heterocycles. The summed E-state index contributed by atoms with van der Waals surface area (Å²) in [7, 11) is 0. The van der Waals surface area contributed by atoms with Crippen LogP contribution in [0.3, 0.4) is 0 Å². The van der Waals surface area contributed by atoms with Crippen LogP contribution in [0.5, 0.6) is 5.75 Å². The number of rotatable bonds is 12. The van der Waals surface area contributed by atoms with Crippen molar-refractivity contribution in [3.8, 4) is 5.75 Å². The first-order chi connectivity index (χ1) is 27.0. The number of nitrogens with zero attached hydrogens (tertiary/aromatic N) is 1. The Hall–Kier alpha value is -2.60. The van der Waals surface area contributed by atoms with Crippen molar-refractivity contribution < 1.29 is 45.0 Å². The van der Waals surface area contributed by atoms with Gasteiger partial charge < -0.3 is 40.3 Å². The van der Waals surface area contributed by atoms with E-state index in [2.05, 4.69) is 39.8 Å². The number of benzene rings is 1. The molecule has 5 fully saturated rings. The molecule has 7 aliphatic rings. The Kier molecular flexibility index (Phi) is 10.5. The second-order valence-electron chi connectivity index (χ2n) is 20.2.